The molecule has 154 valence electrons. The first kappa shape index (κ1) is 21.8. The van der Waals surface area contributed by atoms with Crippen molar-refractivity contribution in [2.75, 3.05) is 0 Å². The third-order valence-electron chi connectivity index (χ3n) is 7.15. The summed E-state index contributed by atoms with van der Waals surface area (Å²) >= 11 is 0. The Kier molecular flexibility index (Phi) is 7.35. The highest BCUT2D eigenvalue weighted by Gasteiger charge is 2.19. The molecule has 0 spiro atoms. The Morgan fingerprint density at radius 2 is 1.41 bits per heavy atom. The van der Waals surface area contributed by atoms with Crippen LogP contribution in [0.3, 0.4) is 0 Å². The van der Waals surface area contributed by atoms with Gasteiger partial charge in [0.15, 0.2) is 0 Å². The molecule has 0 aromatic heterocycles. The highest BCUT2D eigenvalue weighted by atomic mass is 28.2. The van der Waals surface area contributed by atoms with Crippen LogP contribution < -0.4 is 5.19 Å². The van der Waals surface area contributed by atoms with Crippen LogP contribution in [0.5, 0.6) is 0 Å². The zero-order valence-corrected chi connectivity index (χ0v) is 20.8. The average Bonchev–Trinajstić information content (AvgIpc) is 3.10. The van der Waals surface area contributed by atoms with E-state index >= 15 is 0 Å². The molecule has 0 saturated heterocycles. The first-order valence-electron chi connectivity index (χ1n) is 11.4. The molecule has 0 atom stereocenters. The van der Waals surface area contributed by atoms with E-state index in [4.69, 9.17) is 0 Å². The van der Waals surface area contributed by atoms with E-state index in [1.165, 1.54) is 54.4 Å². The summed E-state index contributed by atoms with van der Waals surface area (Å²) in [5, 5.41) is 3.45. The van der Waals surface area contributed by atoms with Crippen molar-refractivity contribution in [3.05, 3.63) is 86.1 Å². The lowest BCUT2D eigenvalue weighted by atomic mass is 9.95. The molecule has 1 aliphatic carbocycles. The number of unbranched alkanes of at least 4 members (excludes halogenated alkanes) is 2. The maximum atomic E-state index is 2.60. The molecule has 0 bridgehead atoms. The van der Waals surface area contributed by atoms with E-state index in [9.17, 15) is 0 Å². The topological polar surface area (TPSA) is 0 Å². The van der Waals surface area contributed by atoms with Gasteiger partial charge in [0, 0.05) is 0 Å². The van der Waals surface area contributed by atoms with Crippen LogP contribution in [0.1, 0.15) is 72.4 Å². The van der Waals surface area contributed by atoms with Gasteiger partial charge in [-0.05, 0) is 99.3 Å². The lowest BCUT2D eigenvalue weighted by Crippen LogP contribution is -2.25. The van der Waals surface area contributed by atoms with Gasteiger partial charge in [0.25, 0.3) is 0 Å². The molecule has 0 saturated carbocycles. The Hall–Kier alpha value is -1.86. The number of allylic oxidation sites excluding steroid dienone is 4. The van der Waals surface area contributed by atoms with E-state index in [0.717, 1.165) is 6.42 Å². The van der Waals surface area contributed by atoms with Crippen molar-refractivity contribution in [1.29, 1.82) is 0 Å². The molecule has 0 heterocycles. The zero-order valence-electron chi connectivity index (χ0n) is 19.4. The Morgan fingerprint density at radius 1 is 0.793 bits per heavy atom. The van der Waals surface area contributed by atoms with Crippen LogP contribution in [0.4, 0.5) is 0 Å². The summed E-state index contributed by atoms with van der Waals surface area (Å²) in [5.41, 5.74) is 12.4. The quantitative estimate of drug-likeness (QED) is 0.352. The van der Waals surface area contributed by atoms with Crippen molar-refractivity contribution < 1.29 is 0 Å². The normalized spacial score (nSPS) is 14.3. The van der Waals surface area contributed by atoms with Gasteiger partial charge in [-0.1, -0.05) is 72.1 Å². The number of hydrogen-bond acceptors (Lipinski definition) is 0. The molecule has 0 unspecified atom stereocenters. The van der Waals surface area contributed by atoms with Crippen LogP contribution in [-0.4, -0.2) is 9.52 Å². The Balaban J connectivity index is 1.85. The molecular formula is C28H38Si. The largest absolute Gasteiger partial charge is 0.0835 e. The SMILES string of the molecule is CCCCCC1=C(Cc2ccccc2)C=C([SiH2]c2c(C)c(C)c(C)c(C)c2C)C1. The van der Waals surface area contributed by atoms with Gasteiger partial charge in [-0.2, -0.15) is 0 Å². The standard InChI is InChI=1S/C28H38Si/c1-7-8-10-15-25-17-27(18-26(25)16-24-13-11-9-12-14-24)29-28-22(5)20(3)19(2)21(4)23(28)6/h9,11-14,18H,7-8,10,15-17,29H2,1-6H3. The Morgan fingerprint density at radius 3 is 2.03 bits per heavy atom. The highest BCUT2D eigenvalue weighted by molar-refractivity contribution is 6.62. The third-order valence-corrected chi connectivity index (χ3v) is 9.47. The van der Waals surface area contributed by atoms with Crippen molar-refractivity contribution in [1.82, 2.24) is 0 Å². The van der Waals surface area contributed by atoms with Crippen molar-refractivity contribution in [3.63, 3.8) is 0 Å². The van der Waals surface area contributed by atoms with Crippen LogP contribution >= 0.6 is 0 Å². The molecule has 2 aromatic carbocycles. The van der Waals surface area contributed by atoms with Crippen molar-refractivity contribution >= 4 is 14.7 Å². The van der Waals surface area contributed by atoms with E-state index in [2.05, 4.69) is 78.0 Å². The average molecular weight is 403 g/mol. The molecule has 0 amide bonds. The maximum absolute atomic E-state index is 2.60. The molecule has 1 heteroatoms. The van der Waals surface area contributed by atoms with Crippen LogP contribution in [0.2, 0.25) is 0 Å². The van der Waals surface area contributed by atoms with Crippen molar-refractivity contribution in [3.8, 4) is 0 Å². The van der Waals surface area contributed by atoms with Gasteiger partial charge in [0.1, 0.15) is 0 Å². The molecule has 0 nitrogen and oxygen atoms in total. The number of hydrogen-bond donors (Lipinski definition) is 0. The van der Waals surface area contributed by atoms with Gasteiger partial charge >= 0.3 is 0 Å². The predicted molar refractivity (Wildman–Crippen MR) is 132 cm³/mol. The lowest BCUT2D eigenvalue weighted by Gasteiger charge is -2.19. The smallest absolute Gasteiger partial charge is 0.0783 e. The van der Waals surface area contributed by atoms with Gasteiger partial charge in [-0.15, -0.1) is 0 Å². The first-order valence-corrected chi connectivity index (χ1v) is 12.8. The van der Waals surface area contributed by atoms with Crippen LogP contribution in [0.25, 0.3) is 0 Å². The molecule has 2 aromatic rings. The van der Waals surface area contributed by atoms with E-state index in [1.54, 1.807) is 32.7 Å². The monoisotopic (exact) mass is 402 g/mol. The van der Waals surface area contributed by atoms with Crippen LogP contribution in [-0.2, 0) is 6.42 Å². The molecule has 0 fully saturated rings. The van der Waals surface area contributed by atoms with Gasteiger partial charge < -0.3 is 0 Å². The first-order chi connectivity index (χ1) is 13.9. The Labute approximate surface area is 181 Å². The summed E-state index contributed by atoms with van der Waals surface area (Å²) in [5.74, 6) is 0. The molecule has 0 N–H and O–H groups in total. The molecular weight excluding hydrogens is 364 g/mol. The van der Waals surface area contributed by atoms with E-state index < -0.39 is 9.52 Å². The lowest BCUT2D eigenvalue weighted by molar-refractivity contribution is 0.705. The molecule has 3 rings (SSSR count). The molecule has 29 heavy (non-hydrogen) atoms. The zero-order chi connectivity index (χ0) is 21.0. The summed E-state index contributed by atoms with van der Waals surface area (Å²) in [7, 11) is -0.413. The maximum Gasteiger partial charge on any atom is 0.0835 e. The highest BCUT2D eigenvalue weighted by Crippen LogP contribution is 2.32. The molecule has 0 radical (unpaired) electrons. The second-order valence-corrected chi connectivity index (χ2v) is 11.0. The van der Waals surface area contributed by atoms with E-state index in [-0.39, 0.29) is 0 Å². The van der Waals surface area contributed by atoms with Crippen molar-refractivity contribution in [2.45, 2.75) is 80.1 Å². The van der Waals surface area contributed by atoms with E-state index in [1.807, 2.05) is 0 Å². The summed E-state index contributed by atoms with van der Waals surface area (Å²) in [6.45, 7) is 13.9. The van der Waals surface area contributed by atoms with E-state index in [0.29, 0.717) is 0 Å². The summed E-state index contributed by atoms with van der Waals surface area (Å²) in [6.07, 6.45) is 10.2. The van der Waals surface area contributed by atoms with Gasteiger partial charge in [-0.25, -0.2) is 0 Å². The molecule has 0 aliphatic heterocycles. The van der Waals surface area contributed by atoms with Crippen molar-refractivity contribution in [2.24, 2.45) is 0 Å². The predicted octanol–water partition coefficient (Wildman–Crippen LogP) is 6.43. The second-order valence-electron chi connectivity index (χ2n) is 9.01. The third kappa shape index (κ3) is 5.01. The van der Waals surface area contributed by atoms with Crippen LogP contribution in [0, 0.1) is 34.6 Å². The minimum atomic E-state index is -0.413. The summed E-state index contributed by atoms with van der Waals surface area (Å²) < 4.78 is 0. The second kappa shape index (κ2) is 9.76. The summed E-state index contributed by atoms with van der Waals surface area (Å²) in [4.78, 5) is 0. The van der Waals surface area contributed by atoms with Gasteiger partial charge in [-0.3, -0.25) is 0 Å². The van der Waals surface area contributed by atoms with Gasteiger partial charge in [0.05, 0.1) is 9.52 Å². The summed E-state index contributed by atoms with van der Waals surface area (Å²) in [6, 6.07) is 11.0. The fourth-order valence-electron chi connectivity index (χ4n) is 4.80. The minimum absolute atomic E-state index is 0.413. The fraction of sp³-hybridized carbons (Fsp3) is 0.429. The minimum Gasteiger partial charge on any atom is -0.0783 e. The number of benzene rings is 2. The fourth-order valence-corrected chi connectivity index (χ4v) is 7.09. The number of rotatable bonds is 8. The molecule has 1 aliphatic rings. The van der Waals surface area contributed by atoms with Crippen LogP contribution in [0.15, 0.2) is 52.8 Å². The van der Waals surface area contributed by atoms with Gasteiger partial charge in [0.2, 0.25) is 0 Å². The Bertz CT molecular complexity index is 900.